The second-order valence-corrected chi connectivity index (χ2v) is 1.64. The van der Waals surface area contributed by atoms with Gasteiger partial charge in [-0.3, -0.25) is 4.46 Å². The molecule has 10 heavy (non-hydrogen) atoms. The minimum absolute atomic E-state index is 0. The molecule has 0 aliphatic heterocycles. The van der Waals surface area contributed by atoms with Crippen molar-refractivity contribution in [3.05, 3.63) is 24.7 Å². The Morgan fingerprint density at radius 1 is 1.20 bits per heavy atom. The summed E-state index contributed by atoms with van der Waals surface area (Å²) < 4.78 is 13.3. The van der Waals surface area contributed by atoms with Gasteiger partial charge in [-0.2, -0.15) is 0 Å². The molecule has 0 aliphatic rings. The summed E-state index contributed by atoms with van der Waals surface area (Å²) in [6.45, 7) is 0. The molecule has 4 nitrogen and oxygen atoms in total. The van der Waals surface area contributed by atoms with Crippen LogP contribution in [0, 0.1) is 0 Å². The molecule has 1 heterocycles. The Balaban J connectivity index is 0. The van der Waals surface area contributed by atoms with Gasteiger partial charge >= 0.3 is 38.7 Å². The largest absolute Gasteiger partial charge is 0.473 e. The van der Waals surface area contributed by atoms with E-state index in [2.05, 4.69) is 4.42 Å². The third-order valence-corrected chi connectivity index (χ3v) is 0.425. The average molecular weight is 170 g/mol. The molecule has 1 aromatic heterocycles. The molecule has 0 radical (unpaired) electrons. The summed E-state index contributed by atoms with van der Waals surface area (Å²) in [6.07, 6.45) is 3.25. The van der Waals surface area contributed by atoms with E-state index in [0.29, 0.717) is 0 Å². The predicted octanol–water partition coefficient (Wildman–Crippen LogP) is -0.983. The maximum Gasteiger partial charge on any atom is 0.0902 e. The summed E-state index contributed by atoms with van der Waals surface area (Å²) >= 11 is 0. The van der Waals surface area contributed by atoms with Crippen molar-refractivity contribution in [3.8, 4) is 0 Å². The van der Waals surface area contributed by atoms with Gasteiger partial charge in [0.25, 0.3) is 0 Å². The van der Waals surface area contributed by atoms with Crippen molar-refractivity contribution in [2.75, 3.05) is 0 Å². The van der Waals surface area contributed by atoms with Gasteiger partial charge in [-0.1, -0.05) is 0 Å². The third-order valence-electron chi connectivity index (χ3n) is 0.425. The van der Waals surface area contributed by atoms with Crippen molar-refractivity contribution in [2.45, 2.75) is 0 Å². The molecule has 0 saturated heterocycles. The summed E-state index contributed by atoms with van der Waals surface area (Å²) in [4.78, 5) is 14.3. The fraction of sp³-hybridized carbons (Fsp3) is 0. The molecule has 1 aromatic rings. The van der Waals surface area contributed by atoms with Gasteiger partial charge in [0.2, 0.25) is 0 Å². The van der Waals surface area contributed by atoms with E-state index in [1.54, 1.807) is 12.5 Å². The monoisotopic (exact) mass is 170 g/mol. The zero-order chi connectivity index (χ0) is 7.11. The van der Waals surface area contributed by atoms with Crippen LogP contribution >= 0.6 is 0 Å². The van der Waals surface area contributed by atoms with Gasteiger partial charge in [0.1, 0.15) is 0 Å². The normalized spacial score (nSPS) is 6.40. The summed E-state index contributed by atoms with van der Waals surface area (Å²) in [7, 11) is -3.13. The Labute approximate surface area is 81.7 Å². The molecular weight excluding hydrogens is 163 g/mol. The fourth-order valence-corrected chi connectivity index (χ4v) is 0.227. The first-order valence-electron chi connectivity index (χ1n) is 2.12. The van der Waals surface area contributed by atoms with Crippen LogP contribution in [0.5, 0.6) is 0 Å². The average Bonchev–Trinajstić information content (AvgIpc) is 2.11. The van der Waals surface area contributed by atoms with Crippen molar-refractivity contribution in [1.82, 2.24) is 0 Å². The molecule has 2 N–H and O–H groups in total. The zero-order valence-electron chi connectivity index (χ0n) is 4.52. The van der Waals surface area contributed by atoms with Crippen LogP contribution in [0.3, 0.4) is 0 Å². The number of furan rings is 1. The van der Waals surface area contributed by atoms with E-state index in [0.717, 1.165) is 0 Å². The van der Waals surface area contributed by atoms with Crippen LogP contribution in [0.25, 0.3) is 0 Å². The number of rotatable bonds is 0. The van der Waals surface area contributed by atoms with Gasteiger partial charge in [0.15, 0.2) is 0 Å². The zero-order valence-corrected chi connectivity index (χ0v) is 5.52. The molecule has 1 rings (SSSR count). The van der Waals surface area contributed by atoms with Crippen molar-refractivity contribution < 1.29 is 18.5 Å². The minimum Gasteiger partial charge on any atom is -0.473 e. The standard InChI is InChI=1S/C4H4O.Na.H2O3Si.H/c1-2-4-5-3-1;;1-4(2)3;/h1-4H;;1-2H;. The first-order chi connectivity index (χ1) is 4.23. The molecule has 0 spiro atoms. The van der Waals surface area contributed by atoms with E-state index in [9.17, 15) is 0 Å². The van der Waals surface area contributed by atoms with E-state index in [-0.39, 0.29) is 29.6 Å². The fourth-order valence-electron chi connectivity index (χ4n) is 0.227. The van der Waals surface area contributed by atoms with Crippen LogP contribution in [0.15, 0.2) is 29.1 Å². The Bertz CT molecular complexity index is 131. The molecular formula is C4H7NaO4Si. The van der Waals surface area contributed by atoms with E-state index >= 15 is 0 Å². The van der Waals surface area contributed by atoms with Gasteiger partial charge in [0.05, 0.1) is 12.5 Å². The molecule has 0 fully saturated rings. The third kappa shape index (κ3) is 15.7. The second-order valence-electron chi connectivity index (χ2n) is 1.08. The molecule has 0 amide bonds. The van der Waals surface area contributed by atoms with Crippen molar-refractivity contribution in [3.63, 3.8) is 0 Å². The topological polar surface area (TPSA) is 70.7 Å². The molecule has 6 heteroatoms. The second kappa shape index (κ2) is 8.90. The molecule has 0 aromatic carbocycles. The number of hydrogen-bond acceptors (Lipinski definition) is 2. The van der Waals surface area contributed by atoms with Crippen LogP contribution in [-0.4, -0.2) is 48.3 Å². The van der Waals surface area contributed by atoms with E-state index in [1.807, 2.05) is 12.1 Å². The molecule has 0 bridgehead atoms. The first-order valence-corrected chi connectivity index (χ1v) is 3.43. The Morgan fingerprint density at radius 2 is 1.50 bits per heavy atom. The Morgan fingerprint density at radius 3 is 1.60 bits per heavy atom. The summed E-state index contributed by atoms with van der Waals surface area (Å²) in [5, 5.41) is 0. The molecule has 0 atom stereocenters. The van der Waals surface area contributed by atoms with Crippen molar-refractivity contribution in [2.24, 2.45) is 0 Å². The summed E-state index contributed by atoms with van der Waals surface area (Å²) in [5.74, 6) is 0. The Kier molecular flexibility index (Phi) is 11.2. The number of hydrogen-bond donors (Lipinski definition) is 2. The quantitative estimate of drug-likeness (QED) is 0.491. The molecule has 0 aliphatic carbocycles. The smallest absolute Gasteiger partial charge is 0.0902 e. The van der Waals surface area contributed by atoms with E-state index in [1.165, 1.54) is 0 Å². The minimum atomic E-state index is -3.13. The van der Waals surface area contributed by atoms with Gasteiger partial charge < -0.3 is 14.0 Å². The van der Waals surface area contributed by atoms with Crippen LogP contribution in [-0.2, 0) is 4.46 Å². The van der Waals surface area contributed by atoms with E-state index in [4.69, 9.17) is 14.1 Å². The van der Waals surface area contributed by atoms with Gasteiger partial charge in [-0.05, 0) is 12.1 Å². The van der Waals surface area contributed by atoms with Gasteiger partial charge in [-0.15, -0.1) is 0 Å². The van der Waals surface area contributed by atoms with Crippen LogP contribution in [0.4, 0.5) is 0 Å². The summed E-state index contributed by atoms with van der Waals surface area (Å²) in [6, 6.07) is 3.67. The maximum absolute atomic E-state index is 8.74. The Hall–Kier alpha value is -0.103. The van der Waals surface area contributed by atoms with Crippen molar-refractivity contribution >= 4 is 38.7 Å². The van der Waals surface area contributed by atoms with E-state index < -0.39 is 9.17 Å². The van der Waals surface area contributed by atoms with Crippen LogP contribution < -0.4 is 0 Å². The molecule has 0 saturated carbocycles. The van der Waals surface area contributed by atoms with Crippen molar-refractivity contribution in [1.29, 1.82) is 0 Å². The van der Waals surface area contributed by atoms with Gasteiger partial charge in [0, 0.05) is 0 Å². The SMILES string of the molecule is O=[Si](O)O.[NaH].c1ccoc1. The predicted molar refractivity (Wildman–Crippen MR) is 36.7 cm³/mol. The van der Waals surface area contributed by atoms with Crippen LogP contribution in [0.2, 0.25) is 0 Å². The van der Waals surface area contributed by atoms with Gasteiger partial charge in [-0.25, -0.2) is 0 Å². The summed E-state index contributed by atoms with van der Waals surface area (Å²) in [5.41, 5.74) is 0. The maximum atomic E-state index is 8.74. The first kappa shape index (κ1) is 12.6. The molecule has 0 unspecified atom stereocenters. The molecule has 52 valence electrons. The van der Waals surface area contributed by atoms with Crippen LogP contribution in [0.1, 0.15) is 0 Å².